The Morgan fingerprint density at radius 1 is 0.959 bits per heavy atom. The van der Waals surface area contributed by atoms with Crippen LogP contribution in [0.5, 0.6) is 0 Å². The van der Waals surface area contributed by atoms with Crippen molar-refractivity contribution in [2.24, 2.45) is 22.9 Å². The van der Waals surface area contributed by atoms with Gasteiger partial charge in [0, 0.05) is 0 Å². The van der Waals surface area contributed by atoms with Gasteiger partial charge in [0.1, 0.15) is 5.41 Å². The highest BCUT2D eigenvalue weighted by atomic mass is 32.2. The van der Waals surface area contributed by atoms with Gasteiger partial charge in [-0.05, 0) is 74.3 Å². The maximum absolute atomic E-state index is 13.8. The number of nitrogens with one attached hydrogen (secondary N) is 2. The molecule has 3 atom stereocenters. The molecule has 2 amide bonds. The maximum Gasteiger partial charge on any atom is 0.294 e. The highest BCUT2D eigenvalue weighted by Crippen LogP contribution is 2.35. The average Bonchev–Trinajstić information content (AvgIpc) is 3.06. The summed E-state index contributed by atoms with van der Waals surface area (Å²) in [6.07, 6.45) is 5.53. The molecular weight excluding hydrogens is 644 g/mol. The van der Waals surface area contributed by atoms with Gasteiger partial charge in [-0.1, -0.05) is 111 Å². The first-order valence-electron chi connectivity index (χ1n) is 16.2. The van der Waals surface area contributed by atoms with E-state index >= 15 is 0 Å². The Hall–Kier alpha value is -4.20. The van der Waals surface area contributed by atoms with Crippen molar-refractivity contribution in [3.8, 4) is 0 Å². The summed E-state index contributed by atoms with van der Waals surface area (Å²) in [6, 6.07) is 20.3. The molecule has 0 spiro atoms. The average molecular weight is 695 g/mol. The van der Waals surface area contributed by atoms with Crippen LogP contribution in [0, 0.1) is 25.2 Å². The van der Waals surface area contributed by atoms with Crippen LogP contribution in [0.1, 0.15) is 80.2 Å². The molecule has 3 aromatic carbocycles. The van der Waals surface area contributed by atoms with Crippen LogP contribution in [0.3, 0.4) is 0 Å². The van der Waals surface area contributed by atoms with Gasteiger partial charge in [-0.3, -0.25) is 29.6 Å². The third-order valence-electron chi connectivity index (χ3n) is 8.15. The second kappa shape index (κ2) is 19.1. The van der Waals surface area contributed by atoms with Gasteiger partial charge in [-0.2, -0.15) is 8.42 Å². The molecule has 11 nitrogen and oxygen atoms in total. The molecular formula is C37H50N4O7S. The Balaban J connectivity index is 0.000000639. The van der Waals surface area contributed by atoms with Gasteiger partial charge in [0.15, 0.2) is 5.78 Å². The molecule has 0 heterocycles. The number of hydroxylamine groups is 1. The highest BCUT2D eigenvalue weighted by Gasteiger charge is 2.47. The minimum atomic E-state index is -4.02. The lowest BCUT2D eigenvalue weighted by Gasteiger charge is -2.34. The summed E-state index contributed by atoms with van der Waals surface area (Å²) in [4.78, 5) is 39.4. The number of rotatable bonds is 15. The number of amides is 2. The molecule has 49 heavy (non-hydrogen) atoms. The topological polar surface area (TPSA) is 202 Å². The first kappa shape index (κ1) is 41.0. The summed E-state index contributed by atoms with van der Waals surface area (Å²) in [7, 11) is -4.02. The smallest absolute Gasteiger partial charge is 0.294 e. The van der Waals surface area contributed by atoms with Crippen molar-refractivity contribution in [3.63, 3.8) is 0 Å². The van der Waals surface area contributed by atoms with Gasteiger partial charge in [-0.15, -0.1) is 0 Å². The van der Waals surface area contributed by atoms with E-state index in [-0.39, 0.29) is 23.0 Å². The van der Waals surface area contributed by atoms with Crippen molar-refractivity contribution in [1.82, 2.24) is 10.9 Å². The molecule has 0 aromatic heterocycles. The summed E-state index contributed by atoms with van der Waals surface area (Å²) in [6.45, 7) is 9.56. The normalized spacial score (nSPS) is 13.9. The van der Waals surface area contributed by atoms with E-state index in [9.17, 15) is 28.0 Å². The van der Waals surface area contributed by atoms with Crippen LogP contribution in [-0.2, 0) is 30.9 Å². The van der Waals surface area contributed by atoms with Gasteiger partial charge in [-0.25, -0.2) is 11.3 Å². The zero-order chi connectivity index (χ0) is 36.8. The second-order valence-corrected chi connectivity index (χ2v) is 14.1. The van der Waals surface area contributed by atoms with E-state index in [1.807, 2.05) is 95.3 Å². The number of benzene rings is 3. The van der Waals surface area contributed by atoms with Gasteiger partial charge >= 0.3 is 0 Å². The molecule has 0 saturated carbocycles. The van der Waals surface area contributed by atoms with Crippen LogP contribution in [0.15, 0.2) is 83.8 Å². The second-order valence-electron chi connectivity index (χ2n) is 12.6. The van der Waals surface area contributed by atoms with Gasteiger partial charge < -0.3 is 5.73 Å². The lowest BCUT2D eigenvalue weighted by Crippen LogP contribution is -2.55. The molecule has 0 aliphatic heterocycles. The van der Waals surface area contributed by atoms with E-state index in [4.69, 9.17) is 16.1 Å². The van der Waals surface area contributed by atoms with E-state index in [1.54, 1.807) is 17.6 Å². The SMILES string of the molecule is CCC[C@](CC(C)C)(C(=O)NN)C(=O)[C@H](N)Cc1ccc(C)cc1[C@H](C/C=C/c1ccccc1)C(=O)NO.Cc1ccc(S(=O)(=O)O)cc1. The van der Waals surface area contributed by atoms with Gasteiger partial charge in [0.25, 0.3) is 16.0 Å². The monoisotopic (exact) mass is 694 g/mol. The number of allylic oxidation sites excluding steroid dienone is 1. The highest BCUT2D eigenvalue weighted by molar-refractivity contribution is 7.85. The third-order valence-corrected chi connectivity index (χ3v) is 9.02. The summed E-state index contributed by atoms with van der Waals surface area (Å²) in [5.41, 5.74) is 13.4. The number of ketones is 1. The molecule has 0 fully saturated rings. The number of carbonyl (C=O) groups excluding carboxylic acids is 3. The Morgan fingerprint density at radius 3 is 2.10 bits per heavy atom. The molecule has 0 aliphatic rings. The number of nitrogens with two attached hydrogens (primary N) is 2. The zero-order valence-electron chi connectivity index (χ0n) is 28.8. The van der Waals surface area contributed by atoms with Crippen molar-refractivity contribution in [2.45, 2.75) is 83.6 Å². The van der Waals surface area contributed by atoms with Crippen molar-refractivity contribution in [3.05, 3.63) is 107 Å². The lowest BCUT2D eigenvalue weighted by atomic mass is 9.69. The van der Waals surface area contributed by atoms with Crippen LogP contribution in [0.4, 0.5) is 0 Å². The Morgan fingerprint density at radius 2 is 1.57 bits per heavy atom. The maximum atomic E-state index is 13.8. The van der Waals surface area contributed by atoms with Crippen LogP contribution < -0.4 is 22.5 Å². The number of carbonyl (C=O) groups is 3. The molecule has 0 radical (unpaired) electrons. The van der Waals surface area contributed by atoms with Gasteiger partial charge in [0.05, 0.1) is 16.9 Å². The lowest BCUT2D eigenvalue weighted by molar-refractivity contribution is -0.145. The van der Waals surface area contributed by atoms with Crippen LogP contribution in [-0.4, -0.2) is 41.8 Å². The quantitative estimate of drug-likeness (QED) is 0.0309. The number of aryl methyl sites for hydroxylation is 2. The Labute approximate surface area is 289 Å². The van der Waals surface area contributed by atoms with E-state index in [1.165, 1.54) is 12.1 Å². The minimum Gasteiger partial charge on any atom is -0.321 e. The predicted molar refractivity (Wildman–Crippen MR) is 191 cm³/mol. The van der Waals surface area contributed by atoms with Crippen molar-refractivity contribution >= 4 is 33.8 Å². The molecule has 8 N–H and O–H groups in total. The summed E-state index contributed by atoms with van der Waals surface area (Å²) in [5.74, 6) is 3.41. The first-order valence-corrected chi connectivity index (χ1v) is 17.6. The fourth-order valence-corrected chi connectivity index (χ4v) is 6.36. The van der Waals surface area contributed by atoms with Crippen LogP contribution >= 0.6 is 0 Å². The summed E-state index contributed by atoms with van der Waals surface area (Å²) < 4.78 is 29.6. The number of hydrazine groups is 1. The van der Waals surface area contributed by atoms with E-state index in [0.717, 1.165) is 16.7 Å². The van der Waals surface area contributed by atoms with Gasteiger partial charge in [0.2, 0.25) is 5.91 Å². The third kappa shape index (κ3) is 12.0. The number of hydrogen-bond donors (Lipinski definition) is 6. The largest absolute Gasteiger partial charge is 0.321 e. The molecule has 0 unspecified atom stereocenters. The summed E-state index contributed by atoms with van der Waals surface area (Å²) in [5, 5.41) is 9.49. The summed E-state index contributed by atoms with van der Waals surface area (Å²) >= 11 is 0. The van der Waals surface area contributed by atoms with Crippen molar-refractivity contribution in [2.75, 3.05) is 0 Å². The fourth-order valence-electron chi connectivity index (χ4n) is 5.88. The molecule has 3 aromatic rings. The van der Waals surface area contributed by atoms with Crippen molar-refractivity contribution < 1.29 is 32.6 Å². The van der Waals surface area contributed by atoms with Crippen LogP contribution in [0.25, 0.3) is 6.08 Å². The predicted octanol–water partition coefficient (Wildman–Crippen LogP) is 5.19. The molecule has 266 valence electrons. The Kier molecular flexibility index (Phi) is 16.0. The Bertz CT molecular complexity index is 1680. The molecule has 3 rings (SSSR count). The molecule has 0 saturated heterocycles. The van der Waals surface area contributed by atoms with Crippen molar-refractivity contribution in [1.29, 1.82) is 0 Å². The van der Waals surface area contributed by atoms with Crippen LogP contribution in [0.2, 0.25) is 0 Å². The fraction of sp³-hybridized carbons (Fsp3) is 0.378. The molecule has 0 bridgehead atoms. The molecule has 12 heteroatoms. The standard InChI is InChI=1S/C30H42N4O4.C7H8O3S/c1-5-16-30(19-20(2)3,29(37)33-32)27(35)26(31)18-23-15-14-21(4)17-25(23)24(28(36)34-38)13-9-12-22-10-7-6-8-11-22;1-6-2-4-7(5-3-6)11(8,9)10/h6-12,14-15,17,20,24,26,38H,5,13,16,18-19,31-32H2,1-4H3,(H,33,37)(H,34,36);2-5H,1H3,(H,8,9,10)/b12-9+;/t24-,26+,30+;/m0./s1. The first-order chi connectivity index (χ1) is 23.1. The van der Waals surface area contributed by atoms with E-state index in [2.05, 4.69) is 5.43 Å². The van der Waals surface area contributed by atoms with E-state index in [0.29, 0.717) is 36.8 Å². The number of Topliss-reactive ketones (excluding diaryl/α,β-unsaturated/α-hetero) is 1. The minimum absolute atomic E-state index is 0.0666. The van der Waals surface area contributed by atoms with E-state index < -0.39 is 39.3 Å². The molecule has 0 aliphatic carbocycles. The number of hydrogen-bond acceptors (Lipinski definition) is 8. The zero-order valence-corrected chi connectivity index (χ0v) is 29.7.